The van der Waals surface area contributed by atoms with E-state index in [1.54, 1.807) is 0 Å². The van der Waals surface area contributed by atoms with Crippen molar-refractivity contribution in [1.82, 2.24) is 10.2 Å². The fourth-order valence-corrected chi connectivity index (χ4v) is 3.35. The van der Waals surface area contributed by atoms with E-state index < -0.39 is 0 Å². The number of hydrogen-bond donors (Lipinski definition) is 1. The predicted octanol–water partition coefficient (Wildman–Crippen LogP) is 2.81. The highest BCUT2D eigenvalue weighted by molar-refractivity contribution is 5.02. The molecule has 0 bridgehead atoms. The molecule has 1 aliphatic heterocycles. The number of hydrogen-bond acceptors (Lipinski definition) is 2. The van der Waals surface area contributed by atoms with E-state index in [0.29, 0.717) is 11.6 Å². The first-order chi connectivity index (χ1) is 7.75. The molecule has 1 heterocycles. The molecule has 0 aromatic rings. The number of likely N-dealkylation sites (tertiary alicyclic amines) is 1. The van der Waals surface area contributed by atoms with Crippen LogP contribution >= 0.6 is 0 Å². The molecule has 0 aromatic heterocycles. The summed E-state index contributed by atoms with van der Waals surface area (Å²) in [5.74, 6) is 0. The Hall–Kier alpha value is -0.340. The first-order valence-corrected chi connectivity index (χ1v) is 6.78. The van der Waals surface area contributed by atoms with Crippen LogP contribution in [0.5, 0.6) is 0 Å². The maximum atomic E-state index is 3.90. The molecular weight excluding hydrogens is 196 g/mol. The Morgan fingerprint density at radius 2 is 1.88 bits per heavy atom. The zero-order chi connectivity index (χ0) is 12.0. The zero-order valence-corrected chi connectivity index (χ0v) is 11.3. The van der Waals surface area contributed by atoms with Crippen molar-refractivity contribution in [2.45, 2.75) is 57.5 Å². The second kappa shape index (κ2) is 6.41. The van der Waals surface area contributed by atoms with Crippen LogP contribution in [0.25, 0.3) is 0 Å². The first-order valence-electron chi connectivity index (χ1n) is 6.78. The Balaban J connectivity index is 2.86. The van der Waals surface area contributed by atoms with Crippen molar-refractivity contribution >= 4 is 0 Å². The summed E-state index contributed by atoms with van der Waals surface area (Å²) in [6.45, 7) is 11.1. The van der Waals surface area contributed by atoms with Crippen molar-refractivity contribution in [1.29, 1.82) is 0 Å². The molecule has 1 N–H and O–H groups in total. The predicted molar refractivity (Wildman–Crippen MR) is 71.8 cm³/mol. The number of likely N-dealkylation sites (N-methyl/N-ethyl adjacent to an activating group) is 1. The van der Waals surface area contributed by atoms with Crippen LogP contribution < -0.4 is 5.32 Å². The van der Waals surface area contributed by atoms with E-state index >= 15 is 0 Å². The van der Waals surface area contributed by atoms with Gasteiger partial charge in [0.15, 0.2) is 0 Å². The van der Waals surface area contributed by atoms with Crippen LogP contribution in [0.2, 0.25) is 0 Å². The van der Waals surface area contributed by atoms with Crippen LogP contribution in [0.3, 0.4) is 0 Å². The minimum atomic E-state index is 0.333. The van der Waals surface area contributed by atoms with E-state index in [1.807, 2.05) is 0 Å². The van der Waals surface area contributed by atoms with Gasteiger partial charge < -0.3 is 5.32 Å². The molecular formula is C14H28N2. The van der Waals surface area contributed by atoms with Gasteiger partial charge in [0, 0.05) is 11.6 Å². The molecule has 0 radical (unpaired) electrons. The molecule has 1 atom stereocenters. The van der Waals surface area contributed by atoms with Crippen molar-refractivity contribution in [2.24, 2.45) is 0 Å². The fourth-order valence-electron chi connectivity index (χ4n) is 3.35. The van der Waals surface area contributed by atoms with Crippen molar-refractivity contribution in [3.63, 3.8) is 0 Å². The van der Waals surface area contributed by atoms with Gasteiger partial charge in [-0.25, -0.2) is 0 Å². The van der Waals surface area contributed by atoms with E-state index in [4.69, 9.17) is 0 Å². The third-order valence-electron chi connectivity index (χ3n) is 4.36. The topological polar surface area (TPSA) is 15.3 Å². The summed E-state index contributed by atoms with van der Waals surface area (Å²) >= 11 is 0. The SMILES string of the molecule is C=CCC(NC)C(CC)(CC)N1CCCC1. The lowest BCUT2D eigenvalue weighted by Gasteiger charge is -2.46. The van der Waals surface area contributed by atoms with Gasteiger partial charge in [-0.05, 0) is 52.2 Å². The monoisotopic (exact) mass is 224 g/mol. The summed E-state index contributed by atoms with van der Waals surface area (Å²) in [5, 5.41) is 3.51. The first kappa shape index (κ1) is 13.7. The van der Waals surface area contributed by atoms with Gasteiger partial charge in [-0.3, -0.25) is 4.90 Å². The third-order valence-corrected chi connectivity index (χ3v) is 4.36. The molecule has 1 saturated heterocycles. The smallest absolute Gasteiger partial charge is 0.0360 e. The Labute approximate surface area is 101 Å². The molecule has 94 valence electrons. The molecule has 1 fully saturated rings. The molecule has 0 aliphatic carbocycles. The fraction of sp³-hybridized carbons (Fsp3) is 0.857. The van der Waals surface area contributed by atoms with Crippen LogP contribution in [0, 0.1) is 0 Å². The van der Waals surface area contributed by atoms with Gasteiger partial charge in [-0.2, -0.15) is 0 Å². The Morgan fingerprint density at radius 1 is 1.31 bits per heavy atom. The van der Waals surface area contributed by atoms with Crippen LogP contribution in [-0.2, 0) is 0 Å². The summed E-state index contributed by atoms with van der Waals surface area (Å²) in [6, 6.07) is 0.540. The number of nitrogens with zero attached hydrogens (tertiary/aromatic N) is 1. The van der Waals surface area contributed by atoms with Crippen molar-refractivity contribution < 1.29 is 0 Å². The maximum Gasteiger partial charge on any atom is 0.0360 e. The lowest BCUT2D eigenvalue weighted by Crippen LogP contribution is -2.59. The van der Waals surface area contributed by atoms with Crippen molar-refractivity contribution in [2.75, 3.05) is 20.1 Å². The van der Waals surface area contributed by atoms with Crippen molar-refractivity contribution in [3.05, 3.63) is 12.7 Å². The summed E-state index contributed by atoms with van der Waals surface area (Å²) in [7, 11) is 2.09. The van der Waals surface area contributed by atoms with Gasteiger partial charge in [-0.15, -0.1) is 6.58 Å². The largest absolute Gasteiger partial charge is 0.315 e. The maximum absolute atomic E-state index is 3.90. The van der Waals surface area contributed by atoms with Crippen LogP contribution in [-0.4, -0.2) is 36.6 Å². The van der Waals surface area contributed by atoms with E-state index in [0.717, 1.165) is 6.42 Å². The van der Waals surface area contributed by atoms with Gasteiger partial charge in [-0.1, -0.05) is 19.9 Å². The van der Waals surface area contributed by atoms with E-state index in [2.05, 4.69) is 43.8 Å². The standard InChI is InChI=1S/C14H28N2/c1-5-10-13(15-4)14(6-2,7-3)16-11-8-9-12-16/h5,13,15H,1,6-12H2,2-4H3. The third kappa shape index (κ3) is 2.49. The highest BCUT2D eigenvalue weighted by atomic mass is 15.2. The molecule has 1 rings (SSSR count). The van der Waals surface area contributed by atoms with Crippen LogP contribution in [0.1, 0.15) is 46.0 Å². The molecule has 0 amide bonds. The minimum Gasteiger partial charge on any atom is -0.315 e. The normalized spacial score (nSPS) is 19.9. The average Bonchev–Trinajstić information content (AvgIpc) is 2.84. The van der Waals surface area contributed by atoms with E-state index in [-0.39, 0.29) is 0 Å². The Kier molecular flexibility index (Phi) is 5.50. The zero-order valence-electron chi connectivity index (χ0n) is 11.3. The van der Waals surface area contributed by atoms with Gasteiger partial charge in [0.25, 0.3) is 0 Å². The van der Waals surface area contributed by atoms with Crippen LogP contribution in [0.15, 0.2) is 12.7 Å². The lowest BCUT2D eigenvalue weighted by molar-refractivity contribution is 0.0660. The Morgan fingerprint density at radius 3 is 2.25 bits per heavy atom. The highest BCUT2D eigenvalue weighted by Gasteiger charge is 2.40. The van der Waals surface area contributed by atoms with Gasteiger partial charge in [0.2, 0.25) is 0 Å². The second-order valence-corrected chi connectivity index (χ2v) is 4.87. The summed E-state index contributed by atoms with van der Waals surface area (Å²) in [5.41, 5.74) is 0.333. The summed E-state index contributed by atoms with van der Waals surface area (Å²) < 4.78 is 0. The van der Waals surface area contributed by atoms with Crippen molar-refractivity contribution in [3.8, 4) is 0 Å². The van der Waals surface area contributed by atoms with Gasteiger partial charge in [0.05, 0.1) is 0 Å². The summed E-state index contributed by atoms with van der Waals surface area (Å²) in [6.07, 6.45) is 8.30. The van der Waals surface area contributed by atoms with Gasteiger partial charge in [0.1, 0.15) is 0 Å². The average molecular weight is 224 g/mol. The number of nitrogens with one attached hydrogen (secondary N) is 1. The molecule has 2 heteroatoms. The molecule has 1 aliphatic rings. The summed E-state index contributed by atoms with van der Waals surface area (Å²) in [4.78, 5) is 2.71. The lowest BCUT2D eigenvalue weighted by atomic mass is 9.81. The van der Waals surface area contributed by atoms with E-state index in [1.165, 1.54) is 38.8 Å². The quantitative estimate of drug-likeness (QED) is 0.669. The van der Waals surface area contributed by atoms with Gasteiger partial charge >= 0.3 is 0 Å². The van der Waals surface area contributed by atoms with Crippen LogP contribution in [0.4, 0.5) is 0 Å². The molecule has 0 aromatic carbocycles. The molecule has 0 saturated carbocycles. The Bertz CT molecular complexity index is 203. The van der Waals surface area contributed by atoms with E-state index in [9.17, 15) is 0 Å². The second-order valence-electron chi connectivity index (χ2n) is 4.87. The molecule has 2 nitrogen and oxygen atoms in total. The molecule has 16 heavy (non-hydrogen) atoms. The molecule has 1 unspecified atom stereocenters. The minimum absolute atomic E-state index is 0.333. The highest BCUT2D eigenvalue weighted by Crippen LogP contribution is 2.32. The number of rotatable bonds is 7. The molecule has 0 spiro atoms.